The minimum absolute atomic E-state index is 0.0560. The minimum Gasteiger partial charge on any atom is -0.404 e. The van der Waals surface area contributed by atoms with Crippen LogP contribution in [0, 0.1) is 36.3 Å². The fourth-order valence-electron chi connectivity index (χ4n) is 10.3. The van der Waals surface area contributed by atoms with E-state index in [0.29, 0.717) is 26.2 Å². The van der Waals surface area contributed by atoms with Gasteiger partial charge in [-0.3, -0.25) is 32.5 Å². The Morgan fingerprint density at radius 1 is 0.946 bits per heavy atom. The van der Waals surface area contributed by atoms with Gasteiger partial charge in [0.05, 0.1) is 39.9 Å². The molecule has 32 heteroatoms. The lowest BCUT2D eigenvalue weighted by Crippen LogP contribution is -2.37. The van der Waals surface area contributed by atoms with Gasteiger partial charge in [-0.25, -0.2) is 26.8 Å². The number of aromatic nitrogens is 3. The molecule has 0 spiro atoms. The summed E-state index contributed by atoms with van der Waals surface area (Å²) in [7, 11) is -7.40. The molecule has 1 aliphatic rings. The number of benzene rings is 3. The van der Waals surface area contributed by atoms with E-state index in [9.17, 15) is 30.9 Å². The predicted molar refractivity (Wildman–Crippen MR) is 334 cm³/mol. The highest BCUT2D eigenvalue weighted by Crippen LogP contribution is 2.56. The summed E-state index contributed by atoms with van der Waals surface area (Å²) in [5, 5.41) is 6.05. The number of pyridine rings is 1. The summed E-state index contributed by atoms with van der Waals surface area (Å²) in [5.74, 6) is -5.15. The van der Waals surface area contributed by atoms with E-state index in [0.717, 1.165) is 25.3 Å². The van der Waals surface area contributed by atoms with Crippen LogP contribution in [0.4, 0.5) is 49.7 Å². The first-order valence-corrected chi connectivity index (χ1v) is 34.4. The maximum Gasteiger partial charge on any atom is 0.530 e. The maximum absolute atomic E-state index is 15.5. The Kier molecular flexibility index (Phi) is 24.1. The summed E-state index contributed by atoms with van der Waals surface area (Å²) in [5.41, 5.74) is -0.833. The molecule has 92 heavy (non-hydrogen) atoms. The van der Waals surface area contributed by atoms with E-state index < -0.39 is 180 Å². The van der Waals surface area contributed by atoms with Gasteiger partial charge in [-0.15, -0.1) is 0 Å². The Balaban J connectivity index is 1.63. The number of fused-ring (bicyclic) bond motifs is 1. The molecule has 2 aromatic heterocycles. The van der Waals surface area contributed by atoms with Gasteiger partial charge in [0.1, 0.15) is 63.3 Å². The summed E-state index contributed by atoms with van der Waals surface area (Å²) in [6, 6.07) is 8.76. The number of hydrogen-bond donors (Lipinski definition) is 2. The number of hydrogen-bond acceptors (Lipinski definition) is 14. The average Bonchev–Trinajstić information content (AvgIpc) is 1.64. The molecule has 3 N–H and O–H groups in total. The van der Waals surface area contributed by atoms with Crippen molar-refractivity contribution < 1.29 is 89.1 Å². The molecule has 2 heterocycles. The first-order chi connectivity index (χ1) is 42.4. The number of anilines is 1. The Hall–Kier alpha value is -5.82. The van der Waals surface area contributed by atoms with Crippen LogP contribution in [0.5, 0.6) is 5.75 Å². The maximum atomic E-state index is 15.5. The number of carbonyl (C=O) groups excluding carboxylic acids is 2. The Bertz CT molecular complexity index is 3820. The molecule has 0 aliphatic heterocycles. The number of amides is 2. The van der Waals surface area contributed by atoms with E-state index in [1.54, 1.807) is 54.5 Å². The summed E-state index contributed by atoms with van der Waals surface area (Å²) in [6.07, 6.45) is -11.7. The largest absolute Gasteiger partial charge is 0.530 e. The van der Waals surface area contributed by atoms with E-state index in [4.69, 9.17) is 44.9 Å². The van der Waals surface area contributed by atoms with Gasteiger partial charge < -0.3 is 24.6 Å². The van der Waals surface area contributed by atoms with Crippen LogP contribution in [0.1, 0.15) is 115 Å². The summed E-state index contributed by atoms with van der Waals surface area (Å²) >= 11 is 6.98. The monoisotopic (exact) mass is 1400 g/mol. The Morgan fingerprint density at radius 2 is 1.54 bits per heavy atom. The highest BCUT2D eigenvalue weighted by molar-refractivity contribution is 7.86. The van der Waals surface area contributed by atoms with Gasteiger partial charge in [-0.1, -0.05) is 50.4 Å². The summed E-state index contributed by atoms with van der Waals surface area (Å²) in [6.45, 7) is 12.2. The molecular formula is C60H70ClF10N7O10P2S2. The van der Waals surface area contributed by atoms with E-state index in [2.05, 4.69) is 27.2 Å². The number of halogens is 11. The van der Waals surface area contributed by atoms with Crippen molar-refractivity contribution in [2.75, 3.05) is 37.6 Å². The standard InChI is InChI=1S/C60H70ClF10N7O10P2S2/c1-32(2)86-90(81,87-33(3)4)88-45-22-34(5)21-37(30-89(84-11)85-12)50(45)56(7,8)28-47(80)78(92(14)83)55-49-43(61)18-17-42(52(49)77(76-55)31-59(66,67)68)41-16-15-40(19-20-57(9,10)91(13)82)74-51(41)44(25-36-23-38(62)26-39(63)24-36)75-46(79)29-73-54-48(53(72)60(69,70)71)35(6)27-58(54,64)65/h15-18,21-24,26,32-33,35,44H,25,27-31,72H2,1-14H3,(H,75,79)/b53-48-,73-54?/t35-,44?,91?,92?/m0/s1. The van der Waals surface area contributed by atoms with Gasteiger partial charge in [0.2, 0.25) is 11.8 Å². The van der Waals surface area contributed by atoms with Gasteiger partial charge in [0.25, 0.3) is 5.92 Å². The second-order valence-electron chi connectivity index (χ2n) is 23.3. The number of rotatable bonds is 24. The van der Waals surface area contributed by atoms with Gasteiger partial charge in [-0.05, 0) is 120 Å². The van der Waals surface area contributed by atoms with Crippen molar-refractivity contribution in [2.24, 2.45) is 16.6 Å². The van der Waals surface area contributed by atoms with Crippen LogP contribution in [0.15, 0.2) is 70.9 Å². The number of phosphoric acid groups is 1. The lowest BCUT2D eigenvalue weighted by atomic mass is 9.78. The third-order valence-electron chi connectivity index (χ3n) is 14.1. The molecule has 3 unspecified atom stereocenters. The molecule has 3 aromatic carbocycles. The second kappa shape index (κ2) is 29.4. The Morgan fingerprint density at radius 3 is 2.09 bits per heavy atom. The number of nitrogens with zero attached hydrogens (tertiary/aromatic N) is 5. The van der Waals surface area contributed by atoms with Crippen LogP contribution in [0.25, 0.3) is 22.0 Å². The molecule has 17 nitrogen and oxygen atoms in total. The zero-order valence-electron chi connectivity index (χ0n) is 52.5. The van der Waals surface area contributed by atoms with Crippen LogP contribution >= 0.6 is 27.8 Å². The molecule has 6 rings (SSSR count). The molecule has 5 aromatic rings. The SMILES string of the molecule is COP(Cc1cc(C)cc(OP(=O)(OC(C)C)OC(C)C)c1C(C)(C)CC(=O)N(c1nn(CC(F)(F)F)c2c(-c3ccc(C#CC(C)(C)S(C)=O)nc3C(Cc3cc(F)cc(F)c3)NC(=O)CN=C3/C(=C(\N)C(F)(F)F)[C@@H](C)CC3(F)F)ccc(Cl)c12)S(C)=O)OC. The van der Waals surface area contributed by atoms with Crippen LogP contribution < -0.4 is 19.9 Å². The van der Waals surface area contributed by atoms with Gasteiger partial charge in [0, 0.05) is 90.3 Å². The number of aryl methyl sites for hydroxylation is 1. The quantitative estimate of drug-likeness (QED) is 0.0334. The summed E-state index contributed by atoms with van der Waals surface area (Å²) in [4.78, 5) is 37.9. The lowest BCUT2D eigenvalue weighted by Gasteiger charge is -2.33. The zero-order valence-corrected chi connectivity index (χ0v) is 56.7. The predicted octanol–water partition coefficient (Wildman–Crippen LogP) is 14.1. The van der Waals surface area contributed by atoms with Crippen LogP contribution in [-0.4, -0.2) is 109 Å². The number of phosphoric ester groups is 1. The molecule has 0 bridgehead atoms. The molecule has 2 amide bonds. The second-order valence-corrected chi connectivity index (χ2v) is 30.1. The van der Waals surface area contributed by atoms with Crippen molar-refractivity contribution in [3.8, 4) is 28.7 Å². The number of carbonyl (C=O) groups is 2. The topological polar surface area (TPSA) is 216 Å². The van der Waals surface area contributed by atoms with E-state index >= 15 is 35.5 Å². The fraction of sp³-hybridized carbons (Fsp3) is 0.483. The van der Waals surface area contributed by atoms with Crippen molar-refractivity contribution in [2.45, 2.75) is 148 Å². The molecule has 4 atom stereocenters. The smallest absolute Gasteiger partial charge is 0.404 e. The molecule has 1 aliphatic carbocycles. The highest BCUT2D eigenvalue weighted by atomic mass is 35.5. The lowest BCUT2D eigenvalue weighted by molar-refractivity contribution is -0.141. The fourth-order valence-corrected chi connectivity index (χ4v) is 14.0. The first kappa shape index (κ1) is 75.2. The number of alkyl halides is 8. The van der Waals surface area contributed by atoms with E-state index in [1.165, 1.54) is 64.7 Å². The molecule has 0 saturated heterocycles. The van der Waals surface area contributed by atoms with Crippen LogP contribution in [0.2, 0.25) is 5.02 Å². The van der Waals surface area contributed by atoms with Crippen molar-refractivity contribution in [1.29, 1.82) is 0 Å². The number of nitrogens with two attached hydrogens (primary N) is 1. The number of aliphatic imine (C=N–C) groups is 1. The van der Waals surface area contributed by atoms with E-state index in [1.807, 2.05) is 0 Å². The zero-order chi connectivity index (χ0) is 69.1. The van der Waals surface area contributed by atoms with Gasteiger partial charge in [0.15, 0.2) is 14.2 Å². The van der Waals surface area contributed by atoms with E-state index in [-0.39, 0.29) is 50.6 Å². The van der Waals surface area contributed by atoms with Crippen LogP contribution in [0.3, 0.4) is 0 Å². The van der Waals surface area contributed by atoms with Gasteiger partial charge in [-0.2, -0.15) is 40.2 Å². The van der Waals surface area contributed by atoms with Crippen molar-refractivity contribution in [3.63, 3.8) is 0 Å². The molecule has 0 radical (unpaired) electrons. The van der Waals surface area contributed by atoms with Crippen molar-refractivity contribution in [3.05, 3.63) is 116 Å². The Labute approximate surface area is 537 Å². The summed E-state index contributed by atoms with van der Waals surface area (Å²) < 4.78 is 219. The normalized spacial score (nSPS) is 16.9. The average molecular weight is 1400 g/mol. The van der Waals surface area contributed by atoms with Gasteiger partial charge >= 0.3 is 20.2 Å². The molecule has 504 valence electrons. The van der Waals surface area contributed by atoms with Crippen molar-refractivity contribution in [1.82, 2.24) is 20.1 Å². The van der Waals surface area contributed by atoms with Crippen LogP contribution in [-0.2, 0) is 78.6 Å². The molecular weight excluding hydrogens is 1330 g/mol. The minimum atomic E-state index is -5.29. The molecule has 1 saturated carbocycles. The molecule has 1 fully saturated rings. The third-order valence-corrected chi connectivity index (χ3v) is 20.0. The number of allylic oxidation sites excluding steroid dienone is 2. The highest BCUT2D eigenvalue weighted by Gasteiger charge is 2.52. The first-order valence-electron chi connectivity index (χ1n) is 28.1. The number of nitrogens with one attached hydrogen (secondary N) is 1. The van der Waals surface area contributed by atoms with Crippen molar-refractivity contribution >= 4 is 83.8 Å². The third kappa shape index (κ3) is 18.6.